The van der Waals surface area contributed by atoms with E-state index in [0.717, 1.165) is 17.7 Å². The van der Waals surface area contributed by atoms with Gasteiger partial charge in [0.1, 0.15) is 0 Å². The monoisotopic (exact) mass is 360 g/mol. The van der Waals surface area contributed by atoms with Crippen molar-refractivity contribution in [2.75, 3.05) is 12.4 Å². The molecule has 21 heavy (non-hydrogen) atoms. The third-order valence-corrected chi connectivity index (χ3v) is 3.47. The molecule has 1 aromatic heterocycles. The molecule has 0 saturated heterocycles. The number of hydrogen-bond acceptors (Lipinski definition) is 3. The minimum Gasteiger partial charge on any atom is -0.481 e. The molecule has 0 aliphatic heterocycles. The molecule has 1 aromatic carbocycles. The van der Waals surface area contributed by atoms with Gasteiger partial charge in [0, 0.05) is 29.0 Å². The lowest BCUT2D eigenvalue weighted by atomic mass is 10.2. The van der Waals surface area contributed by atoms with Crippen LogP contribution in [0.5, 0.6) is 5.88 Å². The topological polar surface area (TPSA) is 34.1 Å². The van der Waals surface area contributed by atoms with Crippen molar-refractivity contribution >= 4 is 21.6 Å². The number of anilines is 1. The van der Waals surface area contributed by atoms with E-state index in [1.54, 1.807) is 18.3 Å². The summed E-state index contributed by atoms with van der Waals surface area (Å²) < 4.78 is 43.5. The molecule has 0 bridgehead atoms. The van der Waals surface area contributed by atoms with Crippen molar-refractivity contribution in [3.8, 4) is 5.88 Å². The Hall–Kier alpha value is -1.76. The lowest BCUT2D eigenvalue weighted by molar-refractivity contribution is -0.137. The van der Waals surface area contributed by atoms with Gasteiger partial charge in [0.05, 0.1) is 12.7 Å². The van der Waals surface area contributed by atoms with Gasteiger partial charge >= 0.3 is 6.18 Å². The molecule has 3 nitrogen and oxygen atoms in total. The van der Waals surface area contributed by atoms with E-state index in [1.165, 1.54) is 13.2 Å². The molecule has 0 aliphatic carbocycles. The Kier molecular flexibility index (Phi) is 4.72. The summed E-state index contributed by atoms with van der Waals surface area (Å²) in [6, 6.07) is 6.96. The van der Waals surface area contributed by atoms with Crippen molar-refractivity contribution in [2.24, 2.45) is 0 Å². The SMILES string of the molecule is COc1ccc(CNc2cc(C(F)(F)F)ccc2Br)cn1. The van der Waals surface area contributed by atoms with Crippen LogP contribution in [-0.2, 0) is 12.7 Å². The number of aromatic nitrogens is 1. The average Bonchev–Trinajstić information content (AvgIpc) is 2.45. The van der Waals surface area contributed by atoms with Crippen molar-refractivity contribution in [1.82, 2.24) is 4.98 Å². The lowest BCUT2D eigenvalue weighted by Gasteiger charge is -2.12. The molecular formula is C14H12BrF3N2O. The second kappa shape index (κ2) is 6.34. The number of nitrogens with one attached hydrogen (secondary N) is 1. The van der Waals surface area contributed by atoms with Crippen molar-refractivity contribution in [3.05, 3.63) is 52.1 Å². The van der Waals surface area contributed by atoms with Crippen LogP contribution < -0.4 is 10.1 Å². The molecule has 0 unspecified atom stereocenters. The molecule has 1 heterocycles. The van der Waals surface area contributed by atoms with E-state index >= 15 is 0 Å². The third kappa shape index (κ3) is 4.10. The second-order valence-electron chi connectivity index (χ2n) is 4.25. The number of hydrogen-bond donors (Lipinski definition) is 1. The van der Waals surface area contributed by atoms with Gasteiger partial charge in [-0.2, -0.15) is 13.2 Å². The van der Waals surface area contributed by atoms with E-state index in [1.807, 2.05) is 0 Å². The van der Waals surface area contributed by atoms with Gasteiger partial charge in [-0.25, -0.2) is 4.98 Å². The molecule has 1 N–H and O–H groups in total. The molecule has 2 rings (SSSR count). The van der Waals surface area contributed by atoms with Crippen LogP contribution in [0.2, 0.25) is 0 Å². The largest absolute Gasteiger partial charge is 0.481 e. The van der Waals surface area contributed by atoms with Crippen molar-refractivity contribution < 1.29 is 17.9 Å². The van der Waals surface area contributed by atoms with Gasteiger partial charge in [-0.3, -0.25) is 0 Å². The van der Waals surface area contributed by atoms with Gasteiger partial charge in [0.2, 0.25) is 5.88 Å². The molecule has 0 amide bonds. The molecule has 112 valence electrons. The summed E-state index contributed by atoms with van der Waals surface area (Å²) >= 11 is 3.23. The van der Waals surface area contributed by atoms with Crippen LogP contribution in [0.25, 0.3) is 0 Å². The second-order valence-corrected chi connectivity index (χ2v) is 5.11. The summed E-state index contributed by atoms with van der Waals surface area (Å²) in [7, 11) is 1.51. The number of pyridine rings is 1. The average molecular weight is 361 g/mol. The minimum absolute atomic E-state index is 0.358. The quantitative estimate of drug-likeness (QED) is 0.872. The number of methoxy groups -OCH3 is 1. The summed E-state index contributed by atoms with van der Waals surface area (Å²) in [4.78, 5) is 4.03. The number of nitrogens with zero attached hydrogens (tertiary/aromatic N) is 1. The first-order valence-electron chi connectivity index (χ1n) is 5.99. The molecule has 0 radical (unpaired) electrons. The first kappa shape index (κ1) is 15.6. The Balaban J connectivity index is 2.11. The number of alkyl halides is 3. The summed E-state index contributed by atoms with van der Waals surface area (Å²) in [6.07, 6.45) is -2.76. The Bertz CT molecular complexity index is 615. The van der Waals surface area contributed by atoms with Crippen LogP contribution in [0, 0.1) is 0 Å². The first-order chi connectivity index (χ1) is 9.90. The predicted molar refractivity (Wildman–Crippen MR) is 77.3 cm³/mol. The minimum atomic E-state index is -4.36. The normalized spacial score (nSPS) is 11.3. The zero-order valence-electron chi connectivity index (χ0n) is 11.0. The van der Waals surface area contributed by atoms with Crippen molar-refractivity contribution in [1.29, 1.82) is 0 Å². The highest BCUT2D eigenvalue weighted by molar-refractivity contribution is 9.10. The maximum absolute atomic E-state index is 12.7. The maximum Gasteiger partial charge on any atom is 0.416 e. The van der Waals surface area contributed by atoms with Gasteiger partial charge < -0.3 is 10.1 Å². The molecular weight excluding hydrogens is 349 g/mol. The summed E-state index contributed by atoms with van der Waals surface area (Å²) in [6.45, 7) is 0.358. The standard InChI is InChI=1S/C14H12BrF3N2O/c1-21-13-5-2-9(8-20-13)7-19-12-6-10(14(16,17)18)3-4-11(12)15/h2-6,8,19H,7H2,1H3. The Morgan fingerprint density at radius 3 is 2.57 bits per heavy atom. The van der Waals surface area contributed by atoms with E-state index in [9.17, 15) is 13.2 Å². The Morgan fingerprint density at radius 1 is 1.24 bits per heavy atom. The van der Waals surface area contributed by atoms with Gasteiger partial charge in [0.15, 0.2) is 0 Å². The van der Waals surface area contributed by atoms with Gasteiger partial charge in [-0.1, -0.05) is 6.07 Å². The fourth-order valence-electron chi connectivity index (χ4n) is 1.67. The fraction of sp³-hybridized carbons (Fsp3) is 0.214. The molecule has 0 atom stereocenters. The fourth-order valence-corrected chi connectivity index (χ4v) is 2.06. The lowest BCUT2D eigenvalue weighted by Crippen LogP contribution is -2.07. The number of benzene rings is 1. The highest BCUT2D eigenvalue weighted by atomic mass is 79.9. The van der Waals surface area contributed by atoms with Gasteiger partial charge in [-0.05, 0) is 39.7 Å². The van der Waals surface area contributed by atoms with Crippen LogP contribution in [0.1, 0.15) is 11.1 Å². The summed E-state index contributed by atoms with van der Waals surface area (Å²) in [5.41, 5.74) is 0.516. The number of halogens is 4. The van der Waals surface area contributed by atoms with E-state index in [4.69, 9.17) is 4.74 Å². The first-order valence-corrected chi connectivity index (χ1v) is 6.79. The molecule has 7 heteroatoms. The van der Waals surface area contributed by atoms with E-state index < -0.39 is 11.7 Å². The molecule has 0 spiro atoms. The molecule has 2 aromatic rings. The Labute approximate surface area is 128 Å². The van der Waals surface area contributed by atoms with E-state index in [-0.39, 0.29) is 0 Å². The van der Waals surface area contributed by atoms with Gasteiger partial charge in [-0.15, -0.1) is 0 Å². The summed E-state index contributed by atoms with van der Waals surface area (Å²) in [5.74, 6) is 0.485. The summed E-state index contributed by atoms with van der Waals surface area (Å²) in [5, 5.41) is 2.95. The van der Waals surface area contributed by atoms with E-state index in [2.05, 4.69) is 26.2 Å². The number of rotatable bonds is 4. The number of ether oxygens (including phenoxy) is 1. The van der Waals surface area contributed by atoms with Crippen molar-refractivity contribution in [3.63, 3.8) is 0 Å². The van der Waals surface area contributed by atoms with Crippen LogP contribution in [0.4, 0.5) is 18.9 Å². The molecule has 0 aliphatic rings. The molecule has 0 saturated carbocycles. The zero-order valence-corrected chi connectivity index (χ0v) is 12.6. The highest BCUT2D eigenvalue weighted by Gasteiger charge is 2.30. The smallest absolute Gasteiger partial charge is 0.416 e. The van der Waals surface area contributed by atoms with Crippen LogP contribution in [-0.4, -0.2) is 12.1 Å². The third-order valence-electron chi connectivity index (χ3n) is 2.78. The Morgan fingerprint density at radius 2 is 2.00 bits per heavy atom. The zero-order chi connectivity index (χ0) is 15.5. The van der Waals surface area contributed by atoms with Crippen molar-refractivity contribution in [2.45, 2.75) is 12.7 Å². The van der Waals surface area contributed by atoms with Crippen LogP contribution in [0.15, 0.2) is 41.0 Å². The van der Waals surface area contributed by atoms with Crippen LogP contribution in [0.3, 0.4) is 0 Å². The highest BCUT2D eigenvalue weighted by Crippen LogP contribution is 2.34. The predicted octanol–water partition coefficient (Wildman–Crippen LogP) is 4.48. The maximum atomic E-state index is 12.7. The van der Waals surface area contributed by atoms with Gasteiger partial charge in [0.25, 0.3) is 0 Å². The van der Waals surface area contributed by atoms with Crippen LogP contribution >= 0.6 is 15.9 Å². The van der Waals surface area contributed by atoms with E-state index in [0.29, 0.717) is 22.6 Å². The molecule has 0 fully saturated rings.